The Kier molecular flexibility index (Phi) is 12.6. The van der Waals surface area contributed by atoms with Gasteiger partial charge in [-0.3, -0.25) is 4.79 Å². The first-order valence-electron chi connectivity index (χ1n) is 16.4. The van der Waals surface area contributed by atoms with Gasteiger partial charge in [-0.15, -0.1) is 34.9 Å². The zero-order valence-corrected chi connectivity index (χ0v) is 29.5. The second-order valence-corrected chi connectivity index (χ2v) is 14.4. The second kappa shape index (κ2) is 15.3. The minimum Gasteiger partial charge on any atom is -0.512 e. The third kappa shape index (κ3) is 8.29. The minimum atomic E-state index is 0. The quantitative estimate of drug-likeness (QED) is 0.163. The molecule has 4 heteroatoms. The Morgan fingerprint density at radius 2 is 1.57 bits per heavy atom. The molecule has 0 atom stereocenters. The van der Waals surface area contributed by atoms with Gasteiger partial charge in [0, 0.05) is 44.2 Å². The van der Waals surface area contributed by atoms with Crippen molar-refractivity contribution in [2.24, 2.45) is 23.7 Å². The summed E-state index contributed by atoms with van der Waals surface area (Å²) in [7, 11) is 0. The van der Waals surface area contributed by atoms with Crippen molar-refractivity contribution in [2.45, 2.75) is 119 Å². The van der Waals surface area contributed by atoms with Gasteiger partial charge in [0.25, 0.3) is 0 Å². The molecule has 3 aromatic rings. The summed E-state index contributed by atoms with van der Waals surface area (Å²) >= 11 is 0. The number of carbonyl (C=O) groups excluding carboxylic acids is 1. The van der Waals surface area contributed by atoms with Crippen LogP contribution in [-0.4, -0.2) is 15.9 Å². The van der Waals surface area contributed by atoms with E-state index >= 15 is 0 Å². The Hall–Kier alpha value is -2.29. The van der Waals surface area contributed by atoms with Gasteiger partial charge in [0.05, 0.1) is 5.76 Å². The van der Waals surface area contributed by atoms with Crippen LogP contribution in [0.2, 0.25) is 0 Å². The zero-order chi connectivity index (χ0) is 30.0. The standard InChI is InChI=1S/C22H22N.C17H28O2.CH4.Ir/c1-14-10-15(2)12-17(11-14)21-18-7-5-6-16-8-9-22(3,4)19(13-23-21)20(16)18;1-12-3-7-14(8-4-12)16(18)11-17(19)15-9-5-13(2)6-10-15;;/h5-7,10-11,13H,8-9H2,1-4H3;11-15,18H,3-10H2,1-2H3;1H4;/q-1;;;. The number of rotatable bonds is 4. The maximum atomic E-state index is 12.2. The van der Waals surface area contributed by atoms with Crippen LogP contribution >= 0.6 is 0 Å². The van der Waals surface area contributed by atoms with Gasteiger partial charge in [0.15, 0.2) is 5.78 Å². The number of hydrogen-bond acceptors (Lipinski definition) is 3. The molecule has 2 aromatic carbocycles. The zero-order valence-electron chi connectivity index (χ0n) is 27.1. The molecule has 2 fully saturated rings. The summed E-state index contributed by atoms with van der Waals surface area (Å²) in [5.41, 5.74) is 7.66. The Balaban J connectivity index is 0.000000234. The van der Waals surface area contributed by atoms with Crippen molar-refractivity contribution >= 4 is 16.6 Å². The van der Waals surface area contributed by atoms with Gasteiger partial charge in [0.2, 0.25) is 0 Å². The number of aliphatic hydroxyl groups is 1. The van der Waals surface area contributed by atoms with E-state index in [2.05, 4.69) is 84.1 Å². The molecule has 0 unspecified atom stereocenters. The number of pyridine rings is 1. The van der Waals surface area contributed by atoms with Crippen LogP contribution in [0.25, 0.3) is 22.0 Å². The van der Waals surface area contributed by atoms with Crippen molar-refractivity contribution in [2.75, 3.05) is 0 Å². The van der Waals surface area contributed by atoms with Crippen molar-refractivity contribution in [3.63, 3.8) is 0 Å². The summed E-state index contributed by atoms with van der Waals surface area (Å²) in [5, 5.41) is 12.8. The van der Waals surface area contributed by atoms with E-state index in [9.17, 15) is 9.90 Å². The molecule has 0 bridgehead atoms. The average molecular weight is 773 g/mol. The van der Waals surface area contributed by atoms with Gasteiger partial charge >= 0.3 is 0 Å². The van der Waals surface area contributed by atoms with E-state index in [0.717, 1.165) is 68.0 Å². The van der Waals surface area contributed by atoms with Crippen molar-refractivity contribution in [3.05, 3.63) is 76.7 Å². The van der Waals surface area contributed by atoms with Gasteiger partial charge < -0.3 is 10.1 Å². The van der Waals surface area contributed by atoms with Gasteiger partial charge in [-0.1, -0.05) is 92.9 Å². The molecule has 3 aliphatic rings. The van der Waals surface area contributed by atoms with Crippen molar-refractivity contribution in [3.8, 4) is 11.3 Å². The summed E-state index contributed by atoms with van der Waals surface area (Å²) in [4.78, 5) is 17.1. The molecule has 241 valence electrons. The number of benzene rings is 2. The molecule has 2 saturated carbocycles. The smallest absolute Gasteiger partial charge is 0.162 e. The first-order valence-corrected chi connectivity index (χ1v) is 16.4. The SMILES string of the molecule is C.CC1CCC(C(=O)C=C(O)C2CCC(C)CC2)CC1.Cc1[c-]c(-c2ncc3c4c(cccc24)CCC3(C)C)cc(C)c1.[Ir]. The van der Waals surface area contributed by atoms with Gasteiger partial charge in [-0.05, 0) is 83.4 Å². The molecule has 3 aliphatic carbocycles. The minimum absolute atomic E-state index is 0. The predicted molar refractivity (Wildman–Crippen MR) is 182 cm³/mol. The third-order valence-electron chi connectivity index (χ3n) is 10.3. The van der Waals surface area contributed by atoms with Crippen LogP contribution in [0.15, 0.2) is 48.4 Å². The van der Waals surface area contributed by atoms with Gasteiger partial charge in [-0.2, -0.15) is 0 Å². The number of aryl methyl sites for hydroxylation is 3. The number of allylic oxidation sites excluding steroid dienone is 2. The van der Waals surface area contributed by atoms with Crippen LogP contribution in [0.3, 0.4) is 0 Å². The molecule has 1 radical (unpaired) electrons. The van der Waals surface area contributed by atoms with Crippen LogP contribution in [0.1, 0.15) is 115 Å². The molecule has 44 heavy (non-hydrogen) atoms. The molecule has 6 rings (SSSR count). The largest absolute Gasteiger partial charge is 0.512 e. The van der Waals surface area contributed by atoms with E-state index in [1.54, 1.807) is 6.08 Å². The summed E-state index contributed by atoms with van der Waals surface area (Å²) in [5.74, 6) is 2.48. The van der Waals surface area contributed by atoms with Crippen LogP contribution in [-0.2, 0) is 36.7 Å². The Morgan fingerprint density at radius 3 is 2.18 bits per heavy atom. The van der Waals surface area contributed by atoms with Crippen molar-refractivity contribution in [1.29, 1.82) is 0 Å². The molecule has 0 aliphatic heterocycles. The second-order valence-electron chi connectivity index (χ2n) is 14.4. The summed E-state index contributed by atoms with van der Waals surface area (Å²) < 4.78 is 0. The van der Waals surface area contributed by atoms with E-state index < -0.39 is 0 Å². The number of nitrogens with zero attached hydrogens (tertiary/aromatic N) is 1. The molecular formula is C40H54IrNO2-. The fourth-order valence-corrected chi connectivity index (χ4v) is 7.40. The van der Waals surface area contributed by atoms with E-state index in [-0.39, 0.29) is 50.6 Å². The molecule has 3 nitrogen and oxygen atoms in total. The monoisotopic (exact) mass is 773 g/mol. The first-order chi connectivity index (χ1) is 20.0. The normalized spacial score (nSPS) is 24.3. The Bertz CT molecular complexity index is 1440. The Labute approximate surface area is 280 Å². The average Bonchev–Trinajstić information content (AvgIpc) is 2.95. The number of aromatic nitrogens is 1. The Morgan fingerprint density at radius 1 is 0.955 bits per heavy atom. The third-order valence-corrected chi connectivity index (χ3v) is 10.3. The predicted octanol–water partition coefficient (Wildman–Crippen LogP) is 10.8. The fraction of sp³-hybridized carbons (Fsp3) is 0.550. The van der Waals surface area contributed by atoms with E-state index in [1.807, 2.05) is 0 Å². The molecule has 0 amide bonds. The molecular weight excluding hydrogens is 719 g/mol. The van der Waals surface area contributed by atoms with E-state index in [4.69, 9.17) is 4.98 Å². The molecule has 1 aromatic heterocycles. The number of ketones is 1. The molecule has 1 N–H and O–H groups in total. The maximum Gasteiger partial charge on any atom is 0.162 e. The van der Waals surface area contributed by atoms with Crippen LogP contribution in [0, 0.1) is 43.6 Å². The molecule has 1 heterocycles. The fourth-order valence-electron chi connectivity index (χ4n) is 7.40. The summed E-state index contributed by atoms with van der Waals surface area (Å²) in [6, 6.07) is 14.5. The molecule has 0 spiro atoms. The van der Waals surface area contributed by atoms with Crippen molar-refractivity contribution in [1.82, 2.24) is 4.98 Å². The van der Waals surface area contributed by atoms with Gasteiger partial charge in [0.1, 0.15) is 0 Å². The maximum absolute atomic E-state index is 12.2. The van der Waals surface area contributed by atoms with Crippen LogP contribution in [0.4, 0.5) is 0 Å². The summed E-state index contributed by atoms with van der Waals surface area (Å²) in [6.07, 6.45) is 14.8. The molecule has 0 saturated heterocycles. The van der Waals surface area contributed by atoms with Crippen LogP contribution in [0.5, 0.6) is 0 Å². The summed E-state index contributed by atoms with van der Waals surface area (Å²) in [6.45, 7) is 13.4. The van der Waals surface area contributed by atoms with E-state index in [1.165, 1.54) is 52.3 Å². The number of carbonyl (C=O) groups is 1. The van der Waals surface area contributed by atoms with E-state index in [0.29, 0.717) is 5.76 Å². The number of hydrogen-bond donors (Lipinski definition) is 1. The van der Waals surface area contributed by atoms with Crippen molar-refractivity contribution < 1.29 is 30.0 Å². The van der Waals surface area contributed by atoms with Gasteiger partial charge in [-0.25, -0.2) is 0 Å². The van der Waals surface area contributed by atoms with Crippen LogP contribution < -0.4 is 0 Å². The number of aliphatic hydroxyl groups excluding tert-OH is 1. The topological polar surface area (TPSA) is 50.2 Å². The first kappa shape index (κ1) is 36.2.